The van der Waals surface area contributed by atoms with Gasteiger partial charge in [0, 0.05) is 31.0 Å². The summed E-state index contributed by atoms with van der Waals surface area (Å²) in [5, 5.41) is 8.77. The molecule has 38 heavy (non-hydrogen) atoms. The van der Waals surface area contributed by atoms with Crippen molar-refractivity contribution >= 4 is 40.8 Å². The maximum Gasteiger partial charge on any atom is 0.323 e. The van der Waals surface area contributed by atoms with Crippen LogP contribution in [0.25, 0.3) is 0 Å². The SMILES string of the molecule is CN1CCC(N(C)C(=O)Nc2cc(Oc3ccc(NC(=S)NC(=O)Cc4ccccc4)cc3)ccn2)CC1. The van der Waals surface area contributed by atoms with Gasteiger partial charge < -0.3 is 25.2 Å². The monoisotopic (exact) mass is 532 g/mol. The molecule has 0 aliphatic carbocycles. The van der Waals surface area contributed by atoms with Crippen molar-refractivity contribution in [1.29, 1.82) is 0 Å². The number of aromatic nitrogens is 1. The van der Waals surface area contributed by atoms with Crippen LogP contribution in [0.1, 0.15) is 18.4 Å². The Kier molecular flexibility index (Phi) is 9.23. The van der Waals surface area contributed by atoms with Crippen LogP contribution in [-0.4, -0.2) is 65.1 Å². The molecule has 0 atom stereocenters. The van der Waals surface area contributed by atoms with Gasteiger partial charge in [0.15, 0.2) is 5.11 Å². The van der Waals surface area contributed by atoms with E-state index in [2.05, 4.69) is 32.9 Å². The molecule has 1 aliphatic heterocycles. The van der Waals surface area contributed by atoms with Crippen molar-refractivity contribution in [1.82, 2.24) is 20.1 Å². The summed E-state index contributed by atoms with van der Waals surface area (Å²) < 4.78 is 5.94. The van der Waals surface area contributed by atoms with Crippen LogP contribution >= 0.6 is 12.2 Å². The number of pyridine rings is 1. The van der Waals surface area contributed by atoms with Crippen LogP contribution < -0.4 is 20.7 Å². The highest BCUT2D eigenvalue weighted by molar-refractivity contribution is 7.80. The highest BCUT2D eigenvalue weighted by atomic mass is 32.1. The Bertz CT molecular complexity index is 1250. The van der Waals surface area contributed by atoms with E-state index in [1.54, 1.807) is 47.5 Å². The van der Waals surface area contributed by atoms with Gasteiger partial charge in [-0.25, -0.2) is 9.78 Å². The lowest BCUT2D eigenvalue weighted by atomic mass is 10.0. The van der Waals surface area contributed by atoms with Crippen molar-refractivity contribution < 1.29 is 14.3 Å². The molecule has 3 aromatic rings. The topological polar surface area (TPSA) is 98.8 Å². The van der Waals surface area contributed by atoms with Crippen molar-refractivity contribution in [3.8, 4) is 11.5 Å². The first-order valence-corrected chi connectivity index (χ1v) is 12.9. The predicted octanol–water partition coefficient (Wildman–Crippen LogP) is 4.49. The second-order valence-corrected chi connectivity index (χ2v) is 9.65. The van der Waals surface area contributed by atoms with Crippen molar-refractivity contribution in [2.75, 3.05) is 37.8 Å². The molecule has 2 heterocycles. The number of benzene rings is 2. The molecule has 3 N–H and O–H groups in total. The summed E-state index contributed by atoms with van der Waals surface area (Å²) in [6, 6.07) is 20.1. The molecule has 0 bridgehead atoms. The minimum absolute atomic E-state index is 0.188. The van der Waals surface area contributed by atoms with Gasteiger partial charge in [-0.1, -0.05) is 30.3 Å². The third-order valence-corrected chi connectivity index (χ3v) is 6.54. The molecular formula is C28H32N6O3S. The van der Waals surface area contributed by atoms with Crippen LogP contribution in [0.3, 0.4) is 0 Å². The van der Waals surface area contributed by atoms with Gasteiger partial charge >= 0.3 is 6.03 Å². The van der Waals surface area contributed by atoms with Crippen LogP contribution in [0.2, 0.25) is 0 Å². The maximum atomic E-state index is 12.7. The zero-order valence-electron chi connectivity index (χ0n) is 21.5. The minimum Gasteiger partial charge on any atom is -0.457 e. The highest BCUT2D eigenvalue weighted by Gasteiger charge is 2.24. The number of hydrogen-bond donors (Lipinski definition) is 3. The van der Waals surface area contributed by atoms with Gasteiger partial charge in [-0.15, -0.1) is 0 Å². The molecule has 0 spiro atoms. The Labute approximate surface area is 228 Å². The number of carbonyl (C=O) groups excluding carboxylic acids is 2. The van der Waals surface area contributed by atoms with E-state index in [0.717, 1.165) is 31.5 Å². The Morgan fingerprint density at radius 3 is 2.45 bits per heavy atom. The smallest absolute Gasteiger partial charge is 0.323 e. The molecule has 9 nitrogen and oxygen atoms in total. The lowest BCUT2D eigenvalue weighted by molar-refractivity contribution is -0.119. The predicted molar refractivity (Wildman–Crippen MR) is 153 cm³/mol. The number of likely N-dealkylation sites (tertiary alicyclic amines) is 1. The number of thiocarbonyl (C=S) groups is 1. The van der Waals surface area contributed by atoms with E-state index in [4.69, 9.17) is 17.0 Å². The number of anilines is 2. The van der Waals surface area contributed by atoms with Crippen LogP contribution in [-0.2, 0) is 11.2 Å². The number of piperidine rings is 1. The summed E-state index contributed by atoms with van der Waals surface area (Å²) in [6.45, 7) is 1.96. The maximum absolute atomic E-state index is 12.7. The molecule has 10 heteroatoms. The number of nitrogens with one attached hydrogen (secondary N) is 3. The Morgan fingerprint density at radius 1 is 1.03 bits per heavy atom. The second-order valence-electron chi connectivity index (χ2n) is 9.24. The number of amides is 3. The number of urea groups is 1. The second kappa shape index (κ2) is 13.0. The molecule has 4 rings (SSSR count). The summed E-state index contributed by atoms with van der Waals surface area (Å²) in [5.74, 6) is 1.37. The Hall–Kier alpha value is -4.02. The van der Waals surface area contributed by atoms with Crippen LogP contribution in [0, 0.1) is 0 Å². The number of nitrogens with zero attached hydrogens (tertiary/aromatic N) is 3. The summed E-state index contributed by atoms with van der Waals surface area (Å²) in [5.41, 5.74) is 1.62. The Balaban J connectivity index is 1.26. The summed E-state index contributed by atoms with van der Waals surface area (Å²) in [7, 11) is 3.92. The number of rotatable bonds is 7. The first kappa shape index (κ1) is 27.0. The third-order valence-electron chi connectivity index (χ3n) is 6.33. The van der Waals surface area contributed by atoms with Gasteiger partial charge in [0.25, 0.3) is 0 Å². The van der Waals surface area contributed by atoms with E-state index >= 15 is 0 Å². The van der Waals surface area contributed by atoms with Crippen molar-refractivity contribution in [2.45, 2.75) is 25.3 Å². The normalized spacial score (nSPS) is 13.8. The van der Waals surface area contributed by atoms with Crippen molar-refractivity contribution in [3.63, 3.8) is 0 Å². The van der Waals surface area contributed by atoms with E-state index < -0.39 is 0 Å². The standard InChI is InChI=1S/C28H32N6O3S/c1-33-16-13-22(14-17-33)34(2)28(36)31-25-19-24(12-15-29-25)37-23-10-8-21(9-11-23)30-27(38)32-26(35)18-20-6-4-3-5-7-20/h3-12,15,19,22H,13-14,16-18H2,1-2H3,(H,29,31,36)(H2,30,32,35,38). The zero-order chi connectivity index (χ0) is 26.9. The molecule has 2 aromatic carbocycles. The molecule has 3 amide bonds. The fourth-order valence-corrected chi connectivity index (χ4v) is 4.38. The fraction of sp³-hybridized carbons (Fsp3) is 0.286. The third kappa shape index (κ3) is 7.99. The molecule has 198 valence electrons. The molecule has 1 aromatic heterocycles. The van der Waals surface area contributed by atoms with Gasteiger partial charge in [0.05, 0.1) is 6.42 Å². The summed E-state index contributed by atoms with van der Waals surface area (Å²) in [4.78, 5) is 33.2. The quantitative estimate of drug-likeness (QED) is 0.386. The molecular weight excluding hydrogens is 500 g/mol. The molecule has 1 fully saturated rings. The molecule has 0 radical (unpaired) electrons. The van der Waals surface area contributed by atoms with E-state index in [1.165, 1.54) is 0 Å². The van der Waals surface area contributed by atoms with E-state index in [0.29, 0.717) is 23.0 Å². The largest absolute Gasteiger partial charge is 0.457 e. The van der Waals surface area contributed by atoms with Crippen molar-refractivity contribution in [3.05, 3.63) is 78.5 Å². The van der Waals surface area contributed by atoms with Gasteiger partial charge in [-0.2, -0.15) is 0 Å². The number of ether oxygens (including phenoxy) is 1. The molecule has 0 saturated carbocycles. The lowest BCUT2D eigenvalue weighted by Crippen LogP contribution is -2.46. The van der Waals surface area contributed by atoms with Crippen LogP contribution in [0.4, 0.5) is 16.3 Å². The van der Waals surface area contributed by atoms with Gasteiger partial charge in [-0.3, -0.25) is 10.1 Å². The number of hydrogen-bond acceptors (Lipinski definition) is 6. The lowest BCUT2D eigenvalue weighted by Gasteiger charge is -2.34. The number of carbonyl (C=O) groups is 2. The first-order chi connectivity index (χ1) is 18.4. The average Bonchev–Trinajstić information content (AvgIpc) is 2.90. The van der Waals surface area contributed by atoms with Gasteiger partial charge in [0.2, 0.25) is 5.91 Å². The highest BCUT2D eigenvalue weighted by Crippen LogP contribution is 2.25. The van der Waals surface area contributed by atoms with E-state index in [9.17, 15) is 9.59 Å². The Morgan fingerprint density at radius 2 is 1.74 bits per heavy atom. The summed E-state index contributed by atoms with van der Waals surface area (Å²) in [6.07, 6.45) is 3.74. The first-order valence-electron chi connectivity index (χ1n) is 12.5. The van der Waals surface area contributed by atoms with Gasteiger partial charge in [-0.05, 0) is 81.1 Å². The van der Waals surface area contributed by atoms with Gasteiger partial charge in [0.1, 0.15) is 17.3 Å². The summed E-state index contributed by atoms with van der Waals surface area (Å²) >= 11 is 5.26. The van der Waals surface area contributed by atoms with E-state index in [1.807, 2.05) is 37.4 Å². The zero-order valence-corrected chi connectivity index (χ0v) is 22.3. The average molecular weight is 533 g/mol. The molecule has 0 unspecified atom stereocenters. The molecule has 1 aliphatic rings. The minimum atomic E-state index is -0.188. The van der Waals surface area contributed by atoms with Crippen LogP contribution in [0.5, 0.6) is 11.5 Å². The molecule has 1 saturated heterocycles. The van der Waals surface area contributed by atoms with E-state index in [-0.39, 0.29) is 29.5 Å². The van der Waals surface area contributed by atoms with Crippen molar-refractivity contribution in [2.24, 2.45) is 0 Å². The van der Waals surface area contributed by atoms with Crippen LogP contribution in [0.15, 0.2) is 72.9 Å². The fourth-order valence-electron chi connectivity index (χ4n) is 4.15.